The Kier molecular flexibility index (Phi) is 32.6. The minimum Gasteiger partial charge on any atom is -0.508 e. The lowest BCUT2D eigenvalue weighted by molar-refractivity contribution is -0.141. The zero-order chi connectivity index (χ0) is 54.1. The summed E-state index contributed by atoms with van der Waals surface area (Å²) in [4.78, 5) is 87.5. The van der Waals surface area contributed by atoms with Crippen molar-refractivity contribution in [2.75, 3.05) is 52.9 Å². The summed E-state index contributed by atoms with van der Waals surface area (Å²) in [5.74, 6) is -0.634. The third kappa shape index (κ3) is 23.5. The van der Waals surface area contributed by atoms with Crippen molar-refractivity contribution < 1.29 is 33.9 Å². The van der Waals surface area contributed by atoms with Crippen LogP contribution in [0.2, 0.25) is 0 Å². The van der Waals surface area contributed by atoms with Gasteiger partial charge in [0, 0.05) is 44.8 Å². The molecule has 1 aromatic carbocycles. The second-order valence-electron chi connectivity index (χ2n) is 20.1. The van der Waals surface area contributed by atoms with Gasteiger partial charge in [-0.2, -0.15) is 0 Å². The Morgan fingerprint density at radius 2 is 1.34 bits per heavy atom. The van der Waals surface area contributed by atoms with E-state index in [1.165, 1.54) is 19.3 Å². The Labute approximate surface area is 438 Å². The van der Waals surface area contributed by atoms with Crippen molar-refractivity contribution in [1.29, 1.82) is 0 Å². The largest absolute Gasteiger partial charge is 0.508 e. The minimum atomic E-state index is -0.926. The molecule has 0 saturated carbocycles. The molecule has 3 fully saturated rings. The Balaban J connectivity index is 0.00000289. The van der Waals surface area contributed by atoms with Crippen LogP contribution in [0.15, 0.2) is 36.5 Å². The lowest BCUT2D eigenvalue weighted by Gasteiger charge is -2.33. The van der Waals surface area contributed by atoms with Gasteiger partial charge in [0.1, 0.15) is 36.0 Å². The lowest BCUT2D eigenvalue weighted by atomic mass is 9.92. The molecule has 0 bridgehead atoms. The number of nitrogens with zero attached hydrogens (tertiary/aromatic N) is 2. The number of nitrogens with two attached hydrogens (primary N) is 3. The smallest absolute Gasteiger partial charge is 0.245 e. The summed E-state index contributed by atoms with van der Waals surface area (Å²) >= 11 is 0. The topological polar surface area (TPSA) is 279 Å². The molecule has 0 aliphatic carbocycles. The number of unbranched alkanes of at least 4 members (excludes halogenated alkanes) is 5. The predicted molar refractivity (Wildman–Crippen MR) is 292 cm³/mol. The second-order valence-corrected chi connectivity index (χ2v) is 20.1. The van der Waals surface area contributed by atoms with E-state index in [4.69, 9.17) is 17.2 Å². The number of amides is 6. The summed E-state index contributed by atoms with van der Waals surface area (Å²) in [6.45, 7) is 18.3. The SMILES string of the molecule is C=C1N[C@@H](CCc2ccc(O)cc2)C(=O)N[C@@H](CCCNC)C(=O)N2CCC[C@H]2C(=O)NCCC[C@H](NC(=O)CCCCCCCCC(C)CC(C)CN)C(=O)N[C@@H](CC)C(=O)N2CCC[C@@H]12.CC.NCCN. The Bertz CT molecular complexity index is 1780. The van der Waals surface area contributed by atoms with Gasteiger partial charge in [-0.25, -0.2) is 0 Å². The number of phenols is 1. The number of aryl methyl sites for hydroxylation is 1. The molecule has 0 aromatic heterocycles. The fraction of sp³-hybridized carbons (Fsp3) is 0.745. The van der Waals surface area contributed by atoms with Crippen molar-refractivity contribution in [3.05, 3.63) is 42.1 Å². The first-order chi connectivity index (χ1) is 35.2. The highest BCUT2D eigenvalue weighted by molar-refractivity contribution is 5.94. The van der Waals surface area contributed by atoms with Crippen molar-refractivity contribution in [2.24, 2.45) is 29.0 Å². The summed E-state index contributed by atoms with van der Waals surface area (Å²) in [5, 5.41) is 28.3. The van der Waals surface area contributed by atoms with Gasteiger partial charge < -0.3 is 64.0 Å². The molecule has 73 heavy (non-hydrogen) atoms. The van der Waals surface area contributed by atoms with E-state index < -0.39 is 48.1 Å². The van der Waals surface area contributed by atoms with E-state index in [0.29, 0.717) is 121 Å². The molecule has 18 nitrogen and oxygen atoms in total. The van der Waals surface area contributed by atoms with Gasteiger partial charge in [0.25, 0.3) is 0 Å². The molecule has 18 heteroatoms. The van der Waals surface area contributed by atoms with Crippen LogP contribution in [-0.2, 0) is 35.2 Å². The summed E-state index contributed by atoms with van der Waals surface area (Å²) in [6.07, 6.45) is 13.9. The molecule has 13 N–H and O–H groups in total. The zero-order valence-electron chi connectivity index (χ0n) is 45.8. The number of hydrogen-bond donors (Lipinski definition) is 10. The third-order valence-corrected chi connectivity index (χ3v) is 14.0. The highest BCUT2D eigenvalue weighted by Crippen LogP contribution is 2.26. The lowest BCUT2D eigenvalue weighted by Crippen LogP contribution is -2.57. The van der Waals surface area contributed by atoms with E-state index in [1.54, 1.807) is 34.1 Å². The second kappa shape index (κ2) is 37.0. The Morgan fingerprint density at radius 1 is 0.740 bits per heavy atom. The summed E-state index contributed by atoms with van der Waals surface area (Å²) in [5.41, 5.74) is 17.0. The van der Waals surface area contributed by atoms with E-state index in [9.17, 15) is 33.9 Å². The van der Waals surface area contributed by atoms with Crippen LogP contribution in [0.1, 0.15) is 162 Å². The molecule has 3 saturated heterocycles. The highest BCUT2D eigenvalue weighted by atomic mass is 16.3. The van der Waals surface area contributed by atoms with Gasteiger partial charge in [0.15, 0.2) is 0 Å². The normalized spacial score (nSPS) is 23.1. The number of fused-ring (bicyclic) bond motifs is 2. The molecule has 3 heterocycles. The maximum absolute atomic E-state index is 14.4. The summed E-state index contributed by atoms with van der Waals surface area (Å²) in [6, 6.07) is 2.07. The number of phenolic OH excluding ortho intramolecular Hbond substituents is 1. The van der Waals surface area contributed by atoms with Gasteiger partial charge in [-0.15, -0.1) is 0 Å². The van der Waals surface area contributed by atoms with Crippen molar-refractivity contribution in [3.8, 4) is 5.75 Å². The van der Waals surface area contributed by atoms with Crippen molar-refractivity contribution >= 4 is 35.4 Å². The first kappa shape index (κ1) is 64.3. The van der Waals surface area contributed by atoms with Crippen LogP contribution in [0.4, 0.5) is 0 Å². The van der Waals surface area contributed by atoms with Crippen molar-refractivity contribution in [1.82, 2.24) is 41.7 Å². The molecule has 4 rings (SSSR count). The number of aromatic hydroxyl groups is 1. The molecular formula is C55H99N11O7. The Hall–Kier alpha value is -4.78. The fourth-order valence-electron chi connectivity index (χ4n) is 9.84. The van der Waals surface area contributed by atoms with Crippen LogP contribution in [-0.4, -0.2) is 139 Å². The van der Waals surface area contributed by atoms with Gasteiger partial charge in [0.2, 0.25) is 35.4 Å². The summed E-state index contributed by atoms with van der Waals surface area (Å²) in [7, 11) is 1.83. The van der Waals surface area contributed by atoms with Crippen LogP contribution in [0.5, 0.6) is 5.75 Å². The number of carbonyl (C=O) groups excluding carboxylic acids is 6. The van der Waals surface area contributed by atoms with Gasteiger partial charge in [-0.05, 0) is 133 Å². The van der Waals surface area contributed by atoms with Crippen LogP contribution in [0.3, 0.4) is 0 Å². The van der Waals surface area contributed by atoms with Gasteiger partial charge >= 0.3 is 0 Å². The fourth-order valence-corrected chi connectivity index (χ4v) is 9.84. The van der Waals surface area contributed by atoms with Crippen LogP contribution in [0, 0.1) is 11.8 Å². The van der Waals surface area contributed by atoms with Crippen molar-refractivity contribution in [3.63, 3.8) is 0 Å². The highest BCUT2D eigenvalue weighted by Gasteiger charge is 2.40. The predicted octanol–water partition coefficient (Wildman–Crippen LogP) is 4.22. The average Bonchev–Trinajstić information content (AvgIpc) is 4.10. The maximum Gasteiger partial charge on any atom is 0.245 e. The van der Waals surface area contributed by atoms with Gasteiger partial charge in [-0.3, -0.25) is 28.8 Å². The molecule has 2 unspecified atom stereocenters. The number of rotatable bonds is 22. The minimum absolute atomic E-state index is 0.132. The quantitative estimate of drug-likeness (QED) is 0.0732. The number of benzene rings is 1. The molecule has 6 amide bonds. The van der Waals surface area contributed by atoms with Gasteiger partial charge in [-0.1, -0.05) is 91.9 Å². The Morgan fingerprint density at radius 3 is 1.97 bits per heavy atom. The summed E-state index contributed by atoms with van der Waals surface area (Å²) < 4.78 is 0. The van der Waals surface area contributed by atoms with Crippen LogP contribution >= 0.6 is 0 Å². The maximum atomic E-state index is 14.4. The molecule has 3 aliphatic rings. The zero-order valence-corrected chi connectivity index (χ0v) is 45.8. The molecule has 0 spiro atoms. The standard InChI is InChI=1S/C51H85N9O7.C2H8N2.C2H6/c1-6-40-50(66)59-31-15-20-44(59)37(4)55-42(28-25-38-23-26-39(61)27-24-38)48(64)58-43(19-13-29-53-5)51(67)60-32-16-21-45(60)49(65)54-30-14-18-41(47(63)57-40)56-46(62)22-12-10-8-7-9-11-17-35(2)33-36(3)34-52;3-1-2-4;1-2/h23-24,26-27,35-36,40-45,53,55,61H,4,6-22,25,28-34,52H2,1-3,5H3,(H,54,65)(H,56,62)(H,57,63)(H,58,64);1-4H2;1-2H3/t35?,36?,40-,41-,42-,43-,44-,45-;;/m0../s1. The third-order valence-electron chi connectivity index (χ3n) is 14.0. The van der Waals surface area contributed by atoms with Crippen LogP contribution < -0.4 is 49.1 Å². The van der Waals surface area contributed by atoms with E-state index >= 15 is 0 Å². The first-order valence-corrected chi connectivity index (χ1v) is 27.9. The van der Waals surface area contributed by atoms with E-state index in [-0.39, 0.29) is 48.8 Å². The molecule has 1 aromatic rings. The monoisotopic (exact) mass is 1030 g/mol. The first-order valence-electron chi connectivity index (χ1n) is 27.9. The van der Waals surface area contributed by atoms with E-state index in [1.807, 2.05) is 27.8 Å². The van der Waals surface area contributed by atoms with E-state index in [2.05, 4.69) is 52.3 Å². The molecule has 3 aliphatic heterocycles. The number of nitrogens with one attached hydrogen (secondary N) is 6. The van der Waals surface area contributed by atoms with Gasteiger partial charge in [0.05, 0.1) is 6.04 Å². The van der Waals surface area contributed by atoms with E-state index in [0.717, 1.165) is 37.8 Å². The molecule has 416 valence electrons. The molecule has 0 radical (unpaired) electrons. The average molecular weight is 1030 g/mol. The molecular weight excluding hydrogens is 927 g/mol. The number of hydrogen-bond acceptors (Lipinski definition) is 12. The van der Waals surface area contributed by atoms with Crippen molar-refractivity contribution in [2.45, 2.75) is 199 Å². The van der Waals surface area contributed by atoms with Crippen LogP contribution in [0.25, 0.3) is 0 Å². The molecule has 8 atom stereocenters. The number of carbonyl (C=O) groups is 6.